The molecule has 4 nitrogen and oxygen atoms in total. The van der Waals surface area contributed by atoms with Gasteiger partial charge in [0.2, 0.25) is 5.91 Å². The zero-order valence-corrected chi connectivity index (χ0v) is 14.2. The first-order valence-corrected chi connectivity index (χ1v) is 8.52. The Morgan fingerprint density at radius 1 is 1.04 bits per heavy atom. The van der Waals surface area contributed by atoms with Gasteiger partial charge in [-0.25, -0.2) is 4.79 Å². The molecule has 0 unspecified atom stereocenters. The predicted octanol–water partition coefficient (Wildman–Crippen LogP) is 3.96. The van der Waals surface area contributed by atoms with E-state index < -0.39 is 12.0 Å². The highest BCUT2D eigenvalue weighted by Gasteiger charge is 2.34. The number of carbonyl (C=O) groups is 2. The molecule has 0 heterocycles. The highest BCUT2D eigenvalue weighted by Crippen LogP contribution is 2.35. The van der Waals surface area contributed by atoms with Crippen molar-refractivity contribution in [2.75, 3.05) is 4.90 Å². The van der Waals surface area contributed by atoms with Crippen LogP contribution in [-0.2, 0) is 9.59 Å². The molecule has 1 fully saturated rings. The molecule has 0 spiro atoms. The van der Waals surface area contributed by atoms with Crippen molar-refractivity contribution in [2.45, 2.75) is 52.5 Å². The van der Waals surface area contributed by atoms with Gasteiger partial charge in [0, 0.05) is 11.6 Å². The van der Waals surface area contributed by atoms with Gasteiger partial charge in [-0.05, 0) is 56.6 Å². The van der Waals surface area contributed by atoms with Gasteiger partial charge in [0.05, 0.1) is 0 Å². The number of carbonyl (C=O) groups excluding carboxylic acids is 1. The van der Waals surface area contributed by atoms with Crippen molar-refractivity contribution in [1.29, 1.82) is 0 Å². The van der Waals surface area contributed by atoms with Crippen molar-refractivity contribution < 1.29 is 14.7 Å². The Morgan fingerprint density at radius 2 is 1.61 bits per heavy atom. The maximum absolute atomic E-state index is 13.0. The third-order valence-electron chi connectivity index (χ3n) is 5.08. The fraction of sp³-hybridized carbons (Fsp3) is 0.579. The fourth-order valence-electron chi connectivity index (χ4n) is 3.47. The minimum absolute atomic E-state index is 0.0479. The summed E-state index contributed by atoms with van der Waals surface area (Å²) in [7, 11) is 0. The largest absolute Gasteiger partial charge is 0.480 e. The van der Waals surface area contributed by atoms with Gasteiger partial charge >= 0.3 is 5.97 Å². The molecule has 0 bridgehead atoms. The first kappa shape index (κ1) is 17.5. The Labute approximate surface area is 138 Å². The van der Waals surface area contributed by atoms with E-state index in [2.05, 4.69) is 13.8 Å². The quantitative estimate of drug-likeness (QED) is 0.894. The first-order valence-electron chi connectivity index (χ1n) is 8.52. The van der Waals surface area contributed by atoms with E-state index in [9.17, 15) is 14.7 Å². The molecular weight excluding hydrogens is 290 g/mol. The number of para-hydroxylation sites is 1. The average Bonchev–Trinajstić information content (AvgIpc) is 2.55. The van der Waals surface area contributed by atoms with Crippen LogP contribution in [0.3, 0.4) is 0 Å². The van der Waals surface area contributed by atoms with E-state index in [0.717, 1.165) is 25.7 Å². The van der Waals surface area contributed by atoms with Crippen molar-refractivity contribution in [1.82, 2.24) is 0 Å². The van der Waals surface area contributed by atoms with Crippen LogP contribution in [0.5, 0.6) is 0 Å². The normalized spacial score (nSPS) is 22.6. The van der Waals surface area contributed by atoms with Crippen LogP contribution in [0.15, 0.2) is 30.3 Å². The monoisotopic (exact) mass is 317 g/mol. The van der Waals surface area contributed by atoms with Crippen LogP contribution in [0.4, 0.5) is 5.69 Å². The number of carboxylic acids is 1. The molecule has 1 amide bonds. The molecule has 1 aliphatic rings. The second kappa shape index (κ2) is 7.62. The third-order valence-corrected chi connectivity index (χ3v) is 5.08. The molecule has 23 heavy (non-hydrogen) atoms. The van der Waals surface area contributed by atoms with Crippen LogP contribution in [0.25, 0.3) is 0 Å². The molecule has 0 saturated heterocycles. The van der Waals surface area contributed by atoms with E-state index in [-0.39, 0.29) is 11.8 Å². The molecule has 1 aromatic carbocycles. The summed E-state index contributed by atoms with van der Waals surface area (Å²) >= 11 is 0. The maximum atomic E-state index is 13.0. The molecular formula is C19H27NO3. The Morgan fingerprint density at radius 3 is 2.09 bits per heavy atom. The molecule has 1 aromatic rings. The summed E-state index contributed by atoms with van der Waals surface area (Å²) < 4.78 is 0. The van der Waals surface area contributed by atoms with Gasteiger partial charge in [0.15, 0.2) is 0 Å². The molecule has 126 valence electrons. The number of aliphatic carboxylic acids is 1. The van der Waals surface area contributed by atoms with Crippen LogP contribution < -0.4 is 4.90 Å². The number of rotatable bonds is 5. The smallest absolute Gasteiger partial charge is 0.326 e. The maximum Gasteiger partial charge on any atom is 0.326 e. The minimum Gasteiger partial charge on any atom is -0.480 e. The standard InChI is InChI=1S/C19H27NO3/c1-13(2)15-9-11-16(12-10-15)18(21)20(14(3)19(22)23)17-7-5-4-6-8-17/h4-8,13-16H,9-12H2,1-3H3,(H,22,23)/t14-,15-,16+/m0/s1. The van der Waals surface area contributed by atoms with Gasteiger partial charge in [0.25, 0.3) is 0 Å². The lowest BCUT2D eigenvalue weighted by Crippen LogP contribution is -2.47. The summed E-state index contributed by atoms with van der Waals surface area (Å²) in [5.74, 6) is 0.244. The van der Waals surface area contributed by atoms with Gasteiger partial charge in [-0.1, -0.05) is 32.0 Å². The van der Waals surface area contributed by atoms with E-state index >= 15 is 0 Å². The molecule has 1 saturated carbocycles. The summed E-state index contributed by atoms with van der Waals surface area (Å²) in [6.07, 6.45) is 3.82. The number of hydrogen-bond acceptors (Lipinski definition) is 2. The van der Waals surface area contributed by atoms with Gasteiger partial charge in [-0.2, -0.15) is 0 Å². The van der Waals surface area contributed by atoms with Gasteiger partial charge < -0.3 is 5.11 Å². The number of nitrogens with zero attached hydrogens (tertiary/aromatic N) is 1. The lowest BCUT2D eigenvalue weighted by Gasteiger charge is -2.35. The number of benzene rings is 1. The summed E-state index contributed by atoms with van der Waals surface area (Å²) in [5, 5.41) is 9.38. The second-order valence-electron chi connectivity index (χ2n) is 6.91. The average molecular weight is 317 g/mol. The highest BCUT2D eigenvalue weighted by molar-refractivity contribution is 6.00. The van der Waals surface area contributed by atoms with Gasteiger partial charge in [-0.15, -0.1) is 0 Å². The van der Waals surface area contributed by atoms with Crippen LogP contribution in [0.2, 0.25) is 0 Å². The first-order chi connectivity index (χ1) is 10.9. The van der Waals surface area contributed by atoms with Crippen molar-refractivity contribution in [3.63, 3.8) is 0 Å². The summed E-state index contributed by atoms with van der Waals surface area (Å²) in [4.78, 5) is 25.9. The third kappa shape index (κ3) is 4.12. The zero-order chi connectivity index (χ0) is 17.0. The number of amides is 1. The van der Waals surface area contributed by atoms with E-state index in [1.54, 1.807) is 19.1 Å². The highest BCUT2D eigenvalue weighted by atomic mass is 16.4. The molecule has 4 heteroatoms. The van der Waals surface area contributed by atoms with E-state index in [4.69, 9.17) is 0 Å². The van der Waals surface area contributed by atoms with E-state index in [1.807, 2.05) is 18.2 Å². The van der Waals surface area contributed by atoms with Crippen molar-refractivity contribution in [3.05, 3.63) is 30.3 Å². The van der Waals surface area contributed by atoms with Crippen molar-refractivity contribution in [3.8, 4) is 0 Å². The number of carboxylic acid groups (broad SMARTS) is 1. The topological polar surface area (TPSA) is 57.6 Å². The van der Waals surface area contributed by atoms with Crippen LogP contribution in [0, 0.1) is 17.8 Å². The Balaban J connectivity index is 2.16. The summed E-state index contributed by atoms with van der Waals surface area (Å²) in [5.41, 5.74) is 0.665. The van der Waals surface area contributed by atoms with Crippen LogP contribution >= 0.6 is 0 Å². The molecule has 1 N–H and O–H groups in total. The van der Waals surface area contributed by atoms with Crippen LogP contribution in [-0.4, -0.2) is 23.0 Å². The Hall–Kier alpha value is -1.84. The second-order valence-corrected chi connectivity index (χ2v) is 6.91. The van der Waals surface area contributed by atoms with Crippen molar-refractivity contribution >= 4 is 17.6 Å². The summed E-state index contributed by atoms with van der Waals surface area (Å²) in [6, 6.07) is 8.28. The molecule has 2 rings (SSSR count). The lowest BCUT2D eigenvalue weighted by molar-refractivity contribution is -0.140. The van der Waals surface area contributed by atoms with Crippen LogP contribution in [0.1, 0.15) is 46.5 Å². The SMILES string of the molecule is CC(C)[C@H]1CC[C@@H](C(=O)N(c2ccccc2)[C@@H](C)C(=O)O)CC1. The van der Waals surface area contributed by atoms with Gasteiger partial charge in [0.1, 0.15) is 6.04 Å². The Kier molecular flexibility index (Phi) is 5.80. The molecule has 0 radical (unpaired) electrons. The summed E-state index contributed by atoms with van der Waals surface area (Å²) in [6.45, 7) is 6.04. The molecule has 1 atom stereocenters. The molecule has 1 aliphatic carbocycles. The number of anilines is 1. The zero-order valence-electron chi connectivity index (χ0n) is 14.2. The lowest BCUT2D eigenvalue weighted by atomic mass is 9.76. The minimum atomic E-state index is -0.974. The number of hydrogen-bond donors (Lipinski definition) is 1. The van der Waals surface area contributed by atoms with E-state index in [0.29, 0.717) is 17.5 Å². The molecule has 0 aromatic heterocycles. The van der Waals surface area contributed by atoms with E-state index in [1.165, 1.54) is 4.90 Å². The predicted molar refractivity (Wildman–Crippen MR) is 91.3 cm³/mol. The van der Waals surface area contributed by atoms with Gasteiger partial charge in [-0.3, -0.25) is 9.69 Å². The fourth-order valence-corrected chi connectivity index (χ4v) is 3.47. The Bertz CT molecular complexity index is 533. The van der Waals surface area contributed by atoms with Crippen molar-refractivity contribution in [2.24, 2.45) is 17.8 Å². The molecule has 0 aliphatic heterocycles.